The van der Waals surface area contributed by atoms with Crippen LogP contribution in [0.25, 0.3) is 15.8 Å². The van der Waals surface area contributed by atoms with Crippen LogP contribution in [0.1, 0.15) is 20.3 Å². The predicted octanol–water partition coefficient (Wildman–Crippen LogP) is 5.83. The summed E-state index contributed by atoms with van der Waals surface area (Å²) in [5.41, 5.74) is -2.06. The van der Waals surface area contributed by atoms with Gasteiger partial charge in [-0.05, 0) is 12.5 Å². The highest BCUT2D eigenvalue weighted by Crippen LogP contribution is 2.46. The van der Waals surface area contributed by atoms with E-state index in [1.54, 1.807) is 42.5 Å². The van der Waals surface area contributed by atoms with Crippen molar-refractivity contribution in [2.45, 2.75) is 25.1 Å². The van der Waals surface area contributed by atoms with Crippen LogP contribution in [-0.2, 0) is 4.74 Å². The maximum absolute atomic E-state index is 13.1. The highest BCUT2D eigenvalue weighted by molar-refractivity contribution is 5.57. The fourth-order valence-electron chi connectivity index (χ4n) is 2.70. The molecule has 28 heavy (non-hydrogen) atoms. The first-order valence-corrected chi connectivity index (χ1v) is 7.95. The molecule has 1 atom stereocenters. The number of halogens is 3. The van der Waals surface area contributed by atoms with Crippen LogP contribution in [0.5, 0.6) is 0 Å². The number of benzene rings is 1. The smallest absolute Gasteiger partial charge is 0.393 e. The van der Waals surface area contributed by atoms with Gasteiger partial charge in [-0.25, -0.2) is 15.0 Å². The van der Waals surface area contributed by atoms with Gasteiger partial charge in [-0.1, -0.05) is 54.6 Å². The fraction of sp³-hybridized carbons (Fsp3) is 0.190. The van der Waals surface area contributed by atoms with E-state index in [-0.39, 0.29) is 11.3 Å². The van der Waals surface area contributed by atoms with Crippen molar-refractivity contribution in [3.63, 3.8) is 0 Å². The Kier molecular flexibility index (Phi) is 5.63. The summed E-state index contributed by atoms with van der Waals surface area (Å²) in [7, 11) is 0. The van der Waals surface area contributed by atoms with Crippen LogP contribution in [0.4, 0.5) is 13.2 Å². The molecule has 1 aromatic carbocycles. The van der Waals surface area contributed by atoms with E-state index >= 15 is 0 Å². The average Bonchev–Trinajstić information content (AvgIpc) is 2.91. The third kappa shape index (κ3) is 4.69. The SMILES string of the molecule is [2H]c1ccc(C=CC=CC2=C([N+]#[C-])C(=C(C#N)[N+]#[C-])OC2(C)CC(F)(F)F)cc1. The molecule has 0 saturated carbocycles. The molecule has 0 N–H and O–H groups in total. The molecule has 0 radical (unpaired) electrons. The molecule has 0 saturated heterocycles. The first kappa shape index (κ1) is 19.0. The Morgan fingerprint density at radius 3 is 2.50 bits per heavy atom. The van der Waals surface area contributed by atoms with Gasteiger partial charge in [0.05, 0.1) is 27.0 Å². The first-order chi connectivity index (χ1) is 13.6. The summed E-state index contributed by atoms with van der Waals surface area (Å²) in [6.07, 6.45) is 0.0634. The Bertz CT molecular complexity index is 1030. The van der Waals surface area contributed by atoms with Crippen molar-refractivity contribution in [3.05, 3.63) is 99.7 Å². The molecule has 0 amide bonds. The molecule has 0 aliphatic carbocycles. The maximum Gasteiger partial charge on any atom is 0.393 e. The maximum atomic E-state index is 13.1. The minimum atomic E-state index is -4.59. The van der Waals surface area contributed by atoms with Crippen molar-refractivity contribution < 1.29 is 19.3 Å². The second-order valence-corrected chi connectivity index (χ2v) is 5.95. The molecule has 1 aliphatic rings. The molecule has 1 unspecified atom stereocenters. The number of hydrogen-bond acceptors (Lipinski definition) is 2. The van der Waals surface area contributed by atoms with Crippen LogP contribution in [0.15, 0.2) is 71.3 Å². The zero-order chi connectivity index (χ0) is 21.7. The normalized spacial score (nSPS) is 21.8. The molecule has 4 nitrogen and oxygen atoms in total. The van der Waals surface area contributed by atoms with Crippen molar-refractivity contribution in [3.8, 4) is 6.07 Å². The van der Waals surface area contributed by atoms with Crippen LogP contribution in [-0.4, -0.2) is 11.8 Å². The summed E-state index contributed by atoms with van der Waals surface area (Å²) >= 11 is 0. The Labute approximate surface area is 162 Å². The van der Waals surface area contributed by atoms with E-state index in [4.69, 9.17) is 24.5 Å². The first-order valence-electron chi connectivity index (χ1n) is 8.45. The van der Waals surface area contributed by atoms with Crippen molar-refractivity contribution in [2.75, 3.05) is 0 Å². The summed E-state index contributed by atoms with van der Waals surface area (Å²) in [5.74, 6) is -0.432. The molecule has 140 valence electrons. The lowest BCUT2D eigenvalue weighted by atomic mass is 9.91. The molecule has 1 heterocycles. The van der Waals surface area contributed by atoms with E-state index in [2.05, 4.69) is 9.69 Å². The highest BCUT2D eigenvalue weighted by Gasteiger charge is 2.49. The number of nitriles is 1. The van der Waals surface area contributed by atoms with Gasteiger partial charge in [0.1, 0.15) is 11.4 Å². The zero-order valence-corrected chi connectivity index (χ0v) is 14.7. The van der Waals surface area contributed by atoms with Gasteiger partial charge in [0.25, 0.3) is 5.70 Å². The molecule has 2 rings (SSSR count). The van der Waals surface area contributed by atoms with Gasteiger partial charge in [0.2, 0.25) is 5.70 Å². The standard InChI is InChI=1S/C21H14F3N3O/c1-20(14-21(22,23)24)16(12-8-7-11-15-9-5-4-6-10-15)18(27-3)19(28-20)17(13-25)26-2/h4-12H,14H2,1H3/i4D. The lowest BCUT2D eigenvalue weighted by Crippen LogP contribution is -2.33. The van der Waals surface area contributed by atoms with Crippen LogP contribution >= 0.6 is 0 Å². The van der Waals surface area contributed by atoms with E-state index in [1.807, 2.05) is 0 Å². The van der Waals surface area contributed by atoms with Gasteiger partial charge >= 0.3 is 6.18 Å². The highest BCUT2D eigenvalue weighted by atomic mass is 19.4. The second kappa shape index (κ2) is 8.29. The van der Waals surface area contributed by atoms with E-state index in [9.17, 15) is 13.2 Å². The van der Waals surface area contributed by atoms with E-state index in [1.165, 1.54) is 19.1 Å². The molecule has 1 aromatic rings. The van der Waals surface area contributed by atoms with Gasteiger partial charge in [-0.15, -0.1) is 0 Å². The van der Waals surface area contributed by atoms with Crippen LogP contribution in [0, 0.1) is 24.5 Å². The largest absolute Gasteiger partial charge is 0.505 e. The van der Waals surface area contributed by atoms with E-state index in [0.717, 1.165) is 5.56 Å². The number of ether oxygens (including phenoxy) is 1. The van der Waals surface area contributed by atoms with E-state index in [0.29, 0.717) is 6.04 Å². The second-order valence-electron chi connectivity index (χ2n) is 5.95. The molecule has 1 aliphatic heterocycles. The molecular formula is C21H14F3N3O. The molecule has 7 heteroatoms. The van der Waals surface area contributed by atoms with Gasteiger partial charge in [-0.2, -0.15) is 13.2 Å². The molecule has 0 fully saturated rings. The number of alkyl halides is 3. The Morgan fingerprint density at radius 2 is 1.96 bits per heavy atom. The molecule has 0 aromatic heterocycles. The summed E-state index contributed by atoms with van der Waals surface area (Å²) < 4.78 is 52.1. The summed E-state index contributed by atoms with van der Waals surface area (Å²) in [6, 6.07) is 8.52. The molecule has 0 spiro atoms. The van der Waals surface area contributed by atoms with Gasteiger partial charge < -0.3 is 4.74 Å². The van der Waals surface area contributed by atoms with Gasteiger partial charge in [-0.3, -0.25) is 0 Å². The minimum absolute atomic E-state index is 0.0534. The van der Waals surface area contributed by atoms with Crippen LogP contribution in [0.3, 0.4) is 0 Å². The van der Waals surface area contributed by atoms with Crippen molar-refractivity contribution in [1.82, 2.24) is 0 Å². The summed E-state index contributed by atoms with van der Waals surface area (Å²) in [5, 5.41) is 9.06. The number of hydrogen-bond donors (Lipinski definition) is 0. The van der Waals surface area contributed by atoms with Gasteiger partial charge in [0, 0.05) is 5.57 Å². The average molecular weight is 382 g/mol. The van der Waals surface area contributed by atoms with Crippen LogP contribution < -0.4 is 0 Å². The van der Waals surface area contributed by atoms with Crippen LogP contribution in [0.2, 0.25) is 0 Å². The summed E-state index contributed by atoms with van der Waals surface area (Å²) in [6.45, 7) is 15.5. The molecule has 0 bridgehead atoms. The Morgan fingerprint density at radius 1 is 1.32 bits per heavy atom. The predicted molar refractivity (Wildman–Crippen MR) is 97.6 cm³/mol. The van der Waals surface area contributed by atoms with Crippen molar-refractivity contribution in [1.29, 1.82) is 5.26 Å². The number of allylic oxidation sites excluding steroid dienone is 3. The van der Waals surface area contributed by atoms with Gasteiger partial charge in [0.15, 0.2) is 0 Å². The Hall–Kier alpha value is -3.76. The van der Waals surface area contributed by atoms with Crippen molar-refractivity contribution in [2.24, 2.45) is 0 Å². The number of rotatable bonds is 4. The zero-order valence-electron chi connectivity index (χ0n) is 15.7. The lowest BCUT2D eigenvalue weighted by molar-refractivity contribution is -0.165. The summed E-state index contributed by atoms with van der Waals surface area (Å²) in [4.78, 5) is 6.19. The third-order valence-corrected chi connectivity index (χ3v) is 3.86. The quantitative estimate of drug-likeness (QED) is 0.374. The fourth-order valence-corrected chi connectivity index (χ4v) is 2.70. The third-order valence-electron chi connectivity index (χ3n) is 3.86. The minimum Gasteiger partial charge on any atom is -0.505 e. The lowest BCUT2D eigenvalue weighted by Gasteiger charge is -2.28. The monoisotopic (exact) mass is 382 g/mol. The topological polar surface area (TPSA) is 41.7 Å². The molecular weight excluding hydrogens is 367 g/mol. The number of nitrogens with zero attached hydrogens (tertiary/aromatic N) is 3. The van der Waals surface area contributed by atoms with E-state index < -0.39 is 29.7 Å². The van der Waals surface area contributed by atoms with Crippen molar-refractivity contribution >= 4 is 6.08 Å². The Balaban J connectivity index is 2.48.